The number of hydrogen-bond donors (Lipinski definition) is 1. The third-order valence-electron chi connectivity index (χ3n) is 3.58. The Morgan fingerprint density at radius 3 is 2.15 bits per heavy atom. The van der Waals surface area contributed by atoms with Crippen LogP contribution in [0.4, 0.5) is 10.1 Å². The smallest absolute Gasteiger partial charge is 0.322 e. The van der Waals surface area contributed by atoms with E-state index < -0.39 is 19.4 Å². The second-order valence-electron chi connectivity index (χ2n) is 5.44. The molecular formula is C19H21FNO5P. The average molecular weight is 393 g/mol. The number of carbonyl (C=O) groups excluding carboxylic acids is 2. The lowest BCUT2D eigenvalue weighted by Gasteiger charge is -2.20. The molecule has 1 N–H and O–H groups in total. The fourth-order valence-electron chi connectivity index (χ4n) is 2.40. The van der Waals surface area contributed by atoms with E-state index in [1.807, 2.05) is 0 Å². The quantitative estimate of drug-likeness (QED) is 0.504. The van der Waals surface area contributed by atoms with E-state index in [9.17, 15) is 18.5 Å². The van der Waals surface area contributed by atoms with Crippen LogP contribution in [0.25, 0.3) is 0 Å². The minimum absolute atomic E-state index is 0.0753. The highest BCUT2D eigenvalue weighted by atomic mass is 31.2. The highest BCUT2D eigenvalue weighted by Crippen LogP contribution is 2.53. The van der Waals surface area contributed by atoms with Crippen LogP contribution in [0.1, 0.15) is 29.8 Å². The maximum atomic E-state index is 14.6. The Bertz CT molecular complexity index is 833. The van der Waals surface area contributed by atoms with Crippen molar-refractivity contribution in [2.45, 2.75) is 19.8 Å². The number of benzene rings is 2. The highest BCUT2D eigenvalue weighted by Gasteiger charge is 2.42. The summed E-state index contributed by atoms with van der Waals surface area (Å²) in [6, 6.07) is 14.7. The molecule has 0 fully saturated rings. The van der Waals surface area contributed by atoms with Gasteiger partial charge >= 0.3 is 7.60 Å². The standard InChI is InChI=1S/C19H21FNO5P/c1-3-25-27(24,26-4-2)18(20)19(23)21-16-13-9-8-12-15(16)17(22)14-10-6-5-7-11-14/h5-13,18H,3-4H2,1-2H3,(H,21,23). The SMILES string of the molecule is CCOP(=O)(OCC)C(F)C(=O)Nc1ccccc1C(=O)c1ccccc1. The lowest BCUT2D eigenvalue weighted by molar-refractivity contribution is -0.118. The van der Waals surface area contributed by atoms with Gasteiger partial charge in [-0.25, -0.2) is 4.39 Å². The number of rotatable bonds is 9. The lowest BCUT2D eigenvalue weighted by atomic mass is 10.0. The minimum atomic E-state index is -4.26. The van der Waals surface area contributed by atoms with Gasteiger partial charge in [-0.1, -0.05) is 42.5 Å². The molecule has 2 aromatic carbocycles. The Morgan fingerprint density at radius 2 is 1.56 bits per heavy atom. The predicted molar refractivity (Wildman–Crippen MR) is 101 cm³/mol. The first-order valence-electron chi connectivity index (χ1n) is 8.45. The van der Waals surface area contributed by atoms with Crippen LogP contribution in [-0.4, -0.2) is 30.8 Å². The summed E-state index contributed by atoms with van der Waals surface area (Å²) < 4.78 is 36.7. The molecule has 0 bridgehead atoms. The molecule has 8 heteroatoms. The molecule has 0 aliphatic carbocycles. The van der Waals surface area contributed by atoms with Gasteiger partial charge in [0.25, 0.3) is 11.8 Å². The van der Waals surface area contributed by atoms with E-state index in [0.717, 1.165) is 0 Å². The third-order valence-corrected chi connectivity index (χ3v) is 5.60. The van der Waals surface area contributed by atoms with E-state index >= 15 is 0 Å². The van der Waals surface area contributed by atoms with E-state index in [-0.39, 0.29) is 30.2 Å². The van der Waals surface area contributed by atoms with Crippen LogP contribution in [-0.2, 0) is 18.4 Å². The third kappa shape index (κ3) is 5.10. The van der Waals surface area contributed by atoms with Crippen molar-refractivity contribution in [3.05, 3.63) is 65.7 Å². The second-order valence-corrected chi connectivity index (χ2v) is 7.49. The molecule has 1 unspecified atom stereocenters. The molecular weight excluding hydrogens is 372 g/mol. The van der Waals surface area contributed by atoms with E-state index in [0.29, 0.717) is 5.56 Å². The fourth-order valence-corrected chi connectivity index (χ4v) is 3.81. The summed E-state index contributed by atoms with van der Waals surface area (Å²) in [4.78, 5) is 25.0. The Kier molecular flexibility index (Phi) is 7.42. The summed E-state index contributed by atoms with van der Waals surface area (Å²) in [6.07, 6.45) is 0. The van der Waals surface area contributed by atoms with Gasteiger partial charge in [-0.3, -0.25) is 14.2 Å². The van der Waals surface area contributed by atoms with Crippen LogP contribution in [0.15, 0.2) is 54.6 Å². The zero-order valence-electron chi connectivity index (χ0n) is 15.1. The van der Waals surface area contributed by atoms with Gasteiger partial charge in [0.2, 0.25) is 0 Å². The first-order valence-corrected chi connectivity index (χ1v) is 10.1. The predicted octanol–water partition coefficient (Wildman–Crippen LogP) is 4.42. The first kappa shape index (κ1) is 21.0. The van der Waals surface area contributed by atoms with E-state index in [2.05, 4.69) is 5.32 Å². The molecule has 2 rings (SSSR count). The number of hydrogen-bond acceptors (Lipinski definition) is 5. The molecule has 6 nitrogen and oxygen atoms in total. The van der Waals surface area contributed by atoms with Crippen molar-refractivity contribution in [3.8, 4) is 0 Å². The van der Waals surface area contributed by atoms with Gasteiger partial charge < -0.3 is 14.4 Å². The van der Waals surface area contributed by atoms with E-state index in [1.54, 1.807) is 42.5 Å². The van der Waals surface area contributed by atoms with Crippen LogP contribution >= 0.6 is 7.60 Å². The van der Waals surface area contributed by atoms with Crippen molar-refractivity contribution >= 4 is 25.0 Å². The summed E-state index contributed by atoms with van der Waals surface area (Å²) in [5.41, 5.74) is 0.718. The molecule has 0 radical (unpaired) electrons. The van der Waals surface area contributed by atoms with Gasteiger partial charge in [0.05, 0.1) is 18.9 Å². The normalized spacial score (nSPS) is 12.4. The zero-order valence-corrected chi connectivity index (χ0v) is 15.9. The van der Waals surface area contributed by atoms with Crippen molar-refractivity contribution < 1.29 is 27.6 Å². The second kappa shape index (κ2) is 9.55. The molecule has 0 heterocycles. The molecule has 0 saturated heterocycles. The number of anilines is 1. The Labute approximate surface area is 157 Å². The van der Waals surface area contributed by atoms with Crippen molar-refractivity contribution in [2.24, 2.45) is 0 Å². The van der Waals surface area contributed by atoms with Gasteiger partial charge in [0.1, 0.15) is 0 Å². The molecule has 0 aliphatic rings. The highest BCUT2D eigenvalue weighted by molar-refractivity contribution is 7.55. The summed E-state index contributed by atoms with van der Waals surface area (Å²) in [7, 11) is -4.26. The number of carbonyl (C=O) groups is 2. The van der Waals surface area contributed by atoms with Gasteiger partial charge in [-0.15, -0.1) is 0 Å². The number of para-hydroxylation sites is 1. The largest absolute Gasteiger partial charge is 0.374 e. The topological polar surface area (TPSA) is 81.7 Å². The molecule has 0 spiro atoms. The fraction of sp³-hybridized carbons (Fsp3) is 0.263. The summed E-state index contributed by atoms with van der Waals surface area (Å²) in [6.45, 7) is 2.89. The monoisotopic (exact) mass is 393 g/mol. The average Bonchev–Trinajstić information content (AvgIpc) is 2.68. The Hall–Kier alpha value is -2.34. The molecule has 1 atom stereocenters. The van der Waals surface area contributed by atoms with Crippen LogP contribution < -0.4 is 5.32 Å². The summed E-state index contributed by atoms with van der Waals surface area (Å²) in [5.74, 6) is -4.05. The van der Waals surface area contributed by atoms with Crippen molar-refractivity contribution in [2.75, 3.05) is 18.5 Å². The first-order chi connectivity index (χ1) is 12.9. The zero-order chi connectivity index (χ0) is 19.9. The van der Waals surface area contributed by atoms with Crippen LogP contribution in [0.3, 0.4) is 0 Å². The minimum Gasteiger partial charge on any atom is -0.322 e. The Morgan fingerprint density at radius 1 is 1.00 bits per heavy atom. The number of halogens is 1. The maximum absolute atomic E-state index is 14.6. The van der Waals surface area contributed by atoms with E-state index in [4.69, 9.17) is 9.05 Å². The van der Waals surface area contributed by atoms with Gasteiger partial charge in [-0.05, 0) is 26.0 Å². The van der Waals surface area contributed by atoms with E-state index in [1.165, 1.54) is 26.0 Å². The Balaban J connectivity index is 2.26. The maximum Gasteiger partial charge on any atom is 0.374 e. The molecule has 0 saturated carbocycles. The molecule has 0 aromatic heterocycles. The number of nitrogens with one attached hydrogen (secondary N) is 1. The van der Waals surface area contributed by atoms with Gasteiger partial charge in [0, 0.05) is 11.1 Å². The van der Waals surface area contributed by atoms with Crippen molar-refractivity contribution in [1.29, 1.82) is 0 Å². The lowest BCUT2D eigenvalue weighted by Crippen LogP contribution is -2.27. The van der Waals surface area contributed by atoms with Crippen LogP contribution in [0.5, 0.6) is 0 Å². The van der Waals surface area contributed by atoms with Crippen LogP contribution in [0, 0.1) is 0 Å². The number of alkyl halides is 1. The summed E-state index contributed by atoms with van der Waals surface area (Å²) >= 11 is 0. The van der Waals surface area contributed by atoms with Gasteiger partial charge in [0.15, 0.2) is 5.78 Å². The van der Waals surface area contributed by atoms with Crippen LogP contribution in [0.2, 0.25) is 0 Å². The molecule has 1 amide bonds. The number of ketones is 1. The molecule has 2 aromatic rings. The molecule has 144 valence electrons. The number of amides is 1. The molecule has 0 aliphatic heterocycles. The van der Waals surface area contributed by atoms with Gasteiger partial charge in [-0.2, -0.15) is 0 Å². The summed E-state index contributed by atoms with van der Waals surface area (Å²) in [5, 5.41) is 2.32. The van der Waals surface area contributed by atoms with Crippen molar-refractivity contribution in [3.63, 3.8) is 0 Å². The molecule has 27 heavy (non-hydrogen) atoms. The van der Waals surface area contributed by atoms with Crippen molar-refractivity contribution in [1.82, 2.24) is 0 Å².